The minimum Gasteiger partial charge on any atom is -0.444 e. The van der Waals surface area contributed by atoms with E-state index in [0.717, 1.165) is 54.3 Å². The molecule has 0 spiro atoms. The number of ether oxygens (including phenoxy) is 2. The number of nitrogens with one attached hydrogen (secondary N) is 4. The highest BCUT2D eigenvalue weighted by Gasteiger charge is 2.39. The number of hydrogen-bond donors (Lipinski definition) is 4. The van der Waals surface area contributed by atoms with E-state index in [1.54, 1.807) is 51.3 Å². The third-order valence-electron chi connectivity index (χ3n) is 13.5. The van der Waals surface area contributed by atoms with Crippen molar-refractivity contribution in [3.05, 3.63) is 82.9 Å². The van der Waals surface area contributed by atoms with Crippen molar-refractivity contribution in [2.24, 2.45) is 0 Å². The Balaban J connectivity index is 0.990. The molecule has 0 saturated carbocycles. The SMILES string of the molecule is CC(C)(C)OC(=O)NCC(=O)N1CCC[C@H]1c1nc2cc(C3CC[C@@H](c4ccc5[nH]c([C@@H]6CCCN6C(=O)CNC(=O)OC(C)(C)C)nc5c4)N3c3cc(F)c(N4CCCCC4)cc3F)ccc2[nH]1. The molecule has 6 heterocycles. The largest absolute Gasteiger partial charge is 0.444 e. The zero-order chi connectivity index (χ0) is 48.8. The van der Waals surface area contributed by atoms with Gasteiger partial charge in [-0.15, -0.1) is 0 Å². The summed E-state index contributed by atoms with van der Waals surface area (Å²) in [6.45, 7) is 12.6. The predicted octanol–water partition coefficient (Wildman–Crippen LogP) is 9.17. The number of amides is 4. The van der Waals surface area contributed by atoms with Gasteiger partial charge in [-0.25, -0.2) is 28.3 Å². The molecule has 4 fully saturated rings. The average Bonchev–Trinajstić information content (AvgIpc) is 4.15. The van der Waals surface area contributed by atoms with Gasteiger partial charge in [0, 0.05) is 38.3 Å². The first kappa shape index (κ1) is 47.6. The zero-order valence-electron chi connectivity index (χ0n) is 40.4. The van der Waals surface area contributed by atoms with Crippen LogP contribution < -0.4 is 20.4 Å². The van der Waals surface area contributed by atoms with Gasteiger partial charge in [-0.2, -0.15) is 0 Å². The number of aromatic nitrogens is 4. The van der Waals surface area contributed by atoms with E-state index in [4.69, 9.17) is 19.4 Å². The number of carbonyl (C=O) groups is 4. The van der Waals surface area contributed by atoms with Crippen LogP contribution in [-0.4, -0.2) is 104 Å². The fourth-order valence-corrected chi connectivity index (χ4v) is 10.5. The number of likely N-dealkylation sites (tertiary alicyclic amines) is 2. The number of benzene rings is 3. The van der Waals surface area contributed by atoms with Gasteiger partial charge in [0.2, 0.25) is 11.8 Å². The first-order chi connectivity index (χ1) is 32.9. The number of piperidine rings is 1. The Morgan fingerprint density at radius 2 is 1.04 bits per heavy atom. The summed E-state index contributed by atoms with van der Waals surface area (Å²) in [6.07, 6.45) is 5.84. The van der Waals surface area contributed by atoms with Crippen LogP contribution in [0.5, 0.6) is 0 Å². The molecule has 69 heavy (non-hydrogen) atoms. The number of anilines is 2. The molecule has 9 rings (SSSR count). The number of nitrogens with zero attached hydrogens (tertiary/aromatic N) is 6. The molecule has 0 bridgehead atoms. The zero-order valence-corrected chi connectivity index (χ0v) is 40.4. The minimum atomic E-state index is -0.691. The first-order valence-corrected chi connectivity index (χ1v) is 24.4. The predicted molar refractivity (Wildman–Crippen MR) is 258 cm³/mol. The molecule has 16 nitrogen and oxygen atoms in total. The van der Waals surface area contributed by atoms with Crippen LogP contribution in [0.3, 0.4) is 0 Å². The van der Waals surface area contributed by atoms with Crippen molar-refractivity contribution in [1.82, 2.24) is 40.4 Å². The van der Waals surface area contributed by atoms with Gasteiger partial charge in [-0.1, -0.05) is 12.1 Å². The minimum absolute atomic E-state index is 0.173. The Morgan fingerprint density at radius 1 is 0.594 bits per heavy atom. The molecule has 368 valence electrons. The summed E-state index contributed by atoms with van der Waals surface area (Å²) >= 11 is 0. The smallest absolute Gasteiger partial charge is 0.408 e. The maximum absolute atomic E-state index is 16.8. The second-order valence-corrected chi connectivity index (χ2v) is 20.8. The lowest BCUT2D eigenvalue weighted by Gasteiger charge is -2.35. The molecule has 4 saturated heterocycles. The van der Waals surface area contributed by atoms with Gasteiger partial charge < -0.3 is 49.7 Å². The van der Waals surface area contributed by atoms with Crippen LogP contribution >= 0.6 is 0 Å². The quantitative estimate of drug-likeness (QED) is 0.105. The lowest BCUT2D eigenvalue weighted by Crippen LogP contribution is -2.41. The monoisotopic (exact) mass is 950 g/mol. The Morgan fingerprint density at radius 3 is 1.51 bits per heavy atom. The van der Waals surface area contributed by atoms with Crippen LogP contribution in [0.25, 0.3) is 22.1 Å². The van der Waals surface area contributed by atoms with E-state index in [0.29, 0.717) is 74.5 Å². The van der Waals surface area contributed by atoms with Crippen molar-refractivity contribution in [2.45, 2.75) is 135 Å². The number of carbonyl (C=O) groups excluding carboxylic acids is 4. The molecule has 4 amide bonds. The fraction of sp³-hybridized carbons (Fsp3) is 0.529. The molecule has 1 unspecified atom stereocenters. The summed E-state index contributed by atoms with van der Waals surface area (Å²) in [5.74, 6) is -0.153. The van der Waals surface area contributed by atoms with Crippen molar-refractivity contribution in [3.63, 3.8) is 0 Å². The van der Waals surface area contributed by atoms with Gasteiger partial charge in [-0.05, 0) is 135 Å². The molecule has 4 atom stereocenters. The number of aromatic amines is 2. The van der Waals surface area contributed by atoms with Gasteiger partial charge in [0.05, 0.1) is 57.6 Å². The van der Waals surface area contributed by atoms with Gasteiger partial charge in [0.15, 0.2) is 0 Å². The summed E-state index contributed by atoms with van der Waals surface area (Å²) in [4.78, 5) is 75.7. The molecular formula is C51H64F2N10O6. The highest BCUT2D eigenvalue weighted by Crippen LogP contribution is 2.49. The number of alkyl carbamates (subject to hydrolysis) is 2. The molecule has 18 heteroatoms. The average molecular weight is 951 g/mol. The van der Waals surface area contributed by atoms with E-state index in [-0.39, 0.29) is 60.4 Å². The third-order valence-corrected chi connectivity index (χ3v) is 13.5. The summed E-state index contributed by atoms with van der Waals surface area (Å²) < 4.78 is 43.8. The number of halogens is 2. The fourth-order valence-electron chi connectivity index (χ4n) is 10.5. The number of fused-ring (bicyclic) bond motifs is 2. The van der Waals surface area contributed by atoms with Crippen molar-refractivity contribution in [3.8, 4) is 0 Å². The number of imidazole rings is 2. The lowest BCUT2D eigenvalue weighted by molar-refractivity contribution is -0.132. The van der Waals surface area contributed by atoms with Gasteiger partial charge in [-0.3, -0.25) is 9.59 Å². The molecule has 0 aliphatic carbocycles. The summed E-state index contributed by atoms with van der Waals surface area (Å²) in [5.41, 5.74) is 3.79. The Hall–Kier alpha value is -6.46. The summed E-state index contributed by atoms with van der Waals surface area (Å²) in [6, 6.07) is 13.3. The number of H-pyrrole nitrogens is 2. The van der Waals surface area contributed by atoms with Crippen molar-refractivity contribution >= 4 is 57.4 Å². The van der Waals surface area contributed by atoms with E-state index in [9.17, 15) is 19.2 Å². The molecule has 2 aromatic heterocycles. The molecule has 4 aliphatic heterocycles. The molecule has 0 radical (unpaired) electrons. The second-order valence-electron chi connectivity index (χ2n) is 20.8. The molecule has 3 aromatic carbocycles. The van der Waals surface area contributed by atoms with E-state index in [1.165, 1.54) is 12.1 Å². The van der Waals surface area contributed by atoms with E-state index in [2.05, 4.69) is 20.6 Å². The van der Waals surface area contributed by atoms with Gasteiger partial charge >= 0.3 is 12.2 Å². The van der Waals surface area contributed by atoms with E-state index >= 15 is 8.78 Å². The van der Waals surface area contributed by atoms with Gasteiger partial charge in [0.25, 0.3) is 0 Å². The number of hydrogen-bond acceptors (Lipinski definition) is 10. The van der Waals surface area contributed by atoms with Crippen LogP contribution in [0, 0.1) is 11.6 Å². The van der Waals surface area contributed by atoms with Gasteiger partial charge in [0.1, 0.15) is 47.6 Å². The Labute approximate surface area is 400 Å². The molecule has 5 aromatic rings. The molecule has 4 N–H and O–H groups in total. The van der Waals surface area contributed by atoms with Crippen LogP contribution in [0.4, 0.5) is 29.7 Å². The Kier molecular flexibility index (Phi) is 13.2. The Bertz CT molecular complexity index is 2590. The third kappa shape index (κ3) is 10.4. The van der Waals surface area contributed by atoms with Crippen molar-refractivity contribution in [1.29, 1.82) is 0 Å². The maximum Gasteiger partial charge on any atom is 0.408 e. The van der Waals surface area contributed by atoms with Crippen LogP contribution in [-0.2, 0) is 19.1 Å². The second kappa shape index (κ2) is 19.1. The van der Waals surface area contributed by atoms with Crippen molar-refractivity contribution in [2.75, 3.05) is 49.1 Å². The molecule has 4 aliphatic rings. The van der Waals surface area contributed by atoms with Crippen LogP contribution in [0.1, 0.15) is 146 Å². The summed E-state index contributed by atoms with van der Waals surface area (Å²) in [5, 5.41) is 5.16. The standard InChI is InChI=1S/C51H64F2N10O6/c1-50(2,3)68-48(66)54-28-44(64)61-22-10-12-40(61)46-56-34-16-14-30(24-36(34)58-46)38-18-19-39(63(38)43-27-32(52)42(26-33(43)53)60-20-8-7-9-21-60)31-15-17-35-37(25-31)59-47(57-35)41-13-11-23-62(41)45(65)29-55-49(67)69-51(4,5)6/h14-17,24-27,38-41H,7-13,18-23,28-29H2,1-6H3,(H,54,66)(H,55,67)(H,56,58)(H,57,59)/t38-,39?,40-,41-/m0/s1. The maximum atomic E-state index is 16.8. The normalized spacial score (nSPS) is 21.1. The van der Waals surface area contributed by atoms with Crippen LogP contribution in [0.15, 0.2) is 48.5 Å². The number of rotatable bonds is 10. The van der Waals surface area contributed by atoms with E-state index < -0.39 is 35.0 Å². The highest BCUT2D eigenvalue weighted by atomic mass is 19.1. The lowest BCUT2D eigenvalue weighted by atomic mass is 10.0. The summed E-state index contributed by atoms with van der Waals surface area (Å²) in [7, 11) is 0. The highest BCUT2D eigenvalue weighted by molar-refractivity contribution is 5.84. The topological polar surface area (TPSA) is 181 Å². The first-order valence-electron chi connectivity index (χ1n) is 24.4. The van der Waals surface area contributed by atoms with Crippen molar-refractivity contribution < 1.29 is 37.4 Å². The van der Waals surface area contributed by atoms with E-state index in [1.807, 2.05) is 46.2 Å². The molecular weight excluding hydrogens is 887 g/mol. The van der Waals surface area contributed by atoms with Crippen LogP contribution in [0.2, 0.25) is 0 Å².